The van der Waals surface area contributed by atoms with Gasteiger partial charge in [0, 0.05) is 6.42 Å². The lowest BCUT2D eigenvalue weighted by Crippen LogP contribution is -2.60. The van der Waals surface area contributed by atoms with Gasteiger partial charge in [-0.1, -0.05) is 113 Å². The highest BCUT2D eigenvalue weighted by atomic mass is 16.7. The number of ether oxygens (including phenoxy) is 2. The lowest BCUT2D eigenvalue weighted by molar-refractivity contribution is -0.302. The molecule has 1 fully saturated rings. The van der Waals surface area contributed by atoms with Gasteiger partial charge in [-0.3, -0.25) is 4.79 Å². The summed E-state index contributed by atoms with van der Waals surface area (Å²) in [5.41, 5.74) is 0. The van der Waals surface area contributed by atoms with Crippen molar-refractivity contribution in [3.8, 4) is 0 Å². The molecule has 1 rings (SSSR count). The van der Waals surface area contributed by atoms with E-state index in [1.807, 2.05) is 6.08 Å². The van der Waals surface area contributed by atoms with Gasteiger partial charge in [0.1, 0.15) is 24.4 Å². The SMILES string of the molecule is CC/C=C\C/C=C\C/C=C\C/C=C\CCCCCCCCC(=O)NC(COC1OC(CO)C(O)C(O)C1O)C(O)/C=C/CCCCC. The van der Waals surface area contributed by atoms with E-state index >= 15 is 0 Å². The van der Waals surface area contributed by atoms with Gasteiger partial charge in [-0.05, 0) is 57.8 Å². The molecule has 47 heavy (non-hydrogen) atoms. The third-order valence-corrected chi connectivity index (χ3v) is 8.10. The van der Waals surface area contributed by atoms with Crippen molar-refractivity contribution in [2.75, 3.05) is 13.2 Å². The summed E-state index contributed by atoms with van der Waals surface area (Å²) < 4.78 is 11.1. The fourth-order valence-electron chi connectivity index (χ4n) is 5.14. The van der Waals surface area contributed by atoms with E-state index in [0.29, 0.717) is 6.42 Å². The molecule has 7 atom stereocenters. The molecule has 7 unspecified atom stereocenters. The monoisotopic (exact) mass is 663 g/mol. The minimum absolute atomic E-state index is 0.200. The first kappa shape index (κ1) is 42.9. The van der Waals surface area contributed by atoms with Crippen LogP contribution in [0.5, 0.6) is 0 Å². The average Bonchev–Trinajstić information content (AvgIpc) is 3.07. The summed E-state index contributed by atoms with van der Waals surface area (Å²) in [7, 11) is 0. The van der Waals surface area contributed by atoms with Crippen molar-refractivity contribution in [2.45, 2.75) is 159 Å². The Morgan fingerprint density at radius 2 is 1.32 bits per heavy atom. The zero-order valence-corrected chi connectivity index (χ0v) is 29.0. The number of amides is 1. The lowest BCUT2D eigenvalue weighted by Gasteiger charge is -2.40. The predicted octanol–water partition coefficient (Wildman–Crippen LogP) is 5.71. The molecule has 0 spiro atoms. The van der Waals surface area contributed by atoms with Gasteiger partial charge in [0.05, 0.1) is 25.4 Å². The number of unbranched alkanes of at least 4 members (excludes halogenated alkanes) is 9. The quantitative estimate of drug-likeness (QED) is 0.0484. The van der Waals surface area contributed by atoms with Gasteiger partial charge in [0.15, 0.2) is 6.29 Å². The first-order valence-electron chi connectivity index (χ1n) is 18.0. The molecule has 0 aromatic carbocycles. The summed E-state index contributed by atoms with van der Waals surface area (Å²) in [6.07, 6.45) is 28.8. The smallest absolute Gasteiger partial charge is 0.220 e. The first-order chi connectivity index (χ1) is 22.8. The molecule has 1 aliphatic heterocycles. The largest absolute Gasteiger partial charge is 0.394 e. The van der Waals surface area contributed by atoms with Crippen molar-refractivity contribution in [3.05, 3.63) is 60.8 Å². The van der Waals surface area contributed by atoms with Crippen LogP contribution in [0.25, 0.3) is 0 Å². The van der Waals surface area contributed by atoms with Gasteiger partial charge in [0.25, 0.3) is 0 Å². The van der Waals surface area contributed by atoms with E-state index in [0.717, 1.165) is 96.3 Å². The van der Waals surface area contributed by atoms with Crippen molar-refractivity contribution in [1.29, 1.82) is 0 Å². The Morgan fingerprint density at radius 1 is 0.745 bits per heavy atom. The average molecular weight is 664 g/mol. The molecule has 0 aliphatic carbocycles. The summed E-state index contributed by atoms with van der Waals surface area (Å²) in [5, 5.41) is 53.4. The van der Waals surface area contributed by atoms with Gasteiger partial charge in [-0.15, -0.1) is 0 Å². The number of hydrogen-bond donors (Lipinski definition) is 6. The summed E-state index contributed by atoms with van der Waals surface area (Å²) in [6.45, 7) is 3.49. The Kier molecular flexibility index (Phi) is 26.4. The highest BCUT2D eigenvalue weighted by Crippen LogP contribution is 2.22. The number of rotatable bonds is 27. The second-order valence-electron chi connectivity index (χ2n) is 12.3. The van der Waals surface area contributed by atoms with Crippen molar-refractivity contribution in [3.63, 3.8) is 0 Å². The number of aliphatic hydroxyl groups excluding tert-OH is 5. The van der Waals surface area contributed by atoms with Crippen LogP contribution >= 0.6 is 0 Å². The third-order valence-electron chi connectivity index (χ3n) is 8.10. The summed E-state index contributed by atoms with van der Waals surface area (Å²) in [4.78, 5) is 12.8. The minimum atomic E-state index is -1.57. The molecular formula is C38H65NO8. The van der Waals surface area contributed by atoms with E-state index in [1.165, 1.54) is 0 Å². The molecule has 1 amide bonds. The van der Waals surface area contributed by atoms with Crippen molar-refractivity contribution in [1.82, 2.24) is 5.32 Å². The van der Waals surface area contributed by atoms with Gasteiger partial charge in [-0.2, -0.15) is 0 Å². The first-order valence-corrected chi connectivity index (χ1v) is 18.0. The molecule has 9 heteroatoms. The predicted molar refractivity (Wildman–Crippen MR) is 189 cm³/mol. The number of carbonyl (C=O) groups is 1. The van der Waals surface area contributed by atoms with Crippen LogP contribution in [0.4, 0.5) is 0 Å². The van der Waals surface area contributed by atoms with Crippen LogP contribution in [-0.4, -0.2) is 87.5 Å². The summed E-state index contributed by atoms with van der Waals surface area (Å²) in [5.74, 6) is -0.204. The number of aliphatic hydroxyl groups is 5. The topological polar surface area (TPSA) is 149 Å². The standard InChI is InChI=1S/C38H65NO8/c1-3-5-7-9-10-11-12-13-14-15-16-17-18-19-20-21-22-24-26-28-34(42)39-31(32(41)27-25-23-8-6-4-2)30-46-38-37(45)36(44)35(43)33(29-40)47-38/h5,7,10-11,13-14,16-17,25,27,31-33,35-38,40-41,43-45H,3-4,6,8-9,12,15,18-24,26,28-30H2,1-2H3,(H,39,42)/b7-5-,11-10-,14-13-,17-16-,27-25+. The molecule has 1 aliphatic rings. The van der Waals surface area contributed by atoms with Gasteiger partial charge < -0.3 is 40.3 Å². The molecule has 6 N–H and O–H groups in total. The van der Waals surface area contributed by atoms with Crippen molar-refractivity contribution < 1.29 is 39.8 Å². The van der Waals surface area contributed by atoms with Crippen LogP contribution < -0.4 is 5.32 Å². The number of allylic oxidation sites excluding steroid dienone is 9. The zero-order chi connectivity index (χ0) is 34.5. The number of nitrogens with one attached hydrogen (secondary N) is 1. The molecule has 0 radical (unpaired) electrons. The highest BCUT2D eigenvalue weighted by Gasteiger charge is 2.44. The fraction of sp³-hybridized carbons (Fsp3) is 0.711. The van der Waals surface area contributed by atoms with E-state index < -0.39 is 49.5 Å². The van der Waals surface area contributed by atoms with Crippen LogP contribution in [-0.2, 0) is 14.3 Å². The van der Waals surface area contributed by atoms with Crippen LogP contribution in [0.1, 0.15) is 117 Å². The minimum Gasteiger partial charge on any atom is -0.394 e. The molecule has 9 nitrogen and oxygen atoms in total. The van der Waals surface area contributed by atoms with Crippen LogP contribution in [0.15, 0.2) is 60.8 Å². The zero-order valence-electron chi connectivity index (χ0n) is 29.0. The van der Waals surface area contributed by atoms with Crippen LogP contribution in [0.2, 0.25) is 0 Å². The van der Waals surface area contributed by atoms with Gasteiger partial charge >= 0.3 is 0 Å². The van der Waals surface area contributed by atoms with Crippen LogP contribution in [0.3, 0.4) is 0 Å². The maximum atomic E-state index is 12.8. The normalized spacial score (nSPS) is 23.6. The molecular weight excluding hydrogens is 598 g/mol. The molecule has 1 saturated heterocycles. The Morgan fingerprint density at radius 3 is 1.96 bits per heavy atom. The Labute approximate surface area is 284 Å². The molecule has 0 aromatic heterocycles. The summed E-state index contributed by atoms with van der Waals surface area (Å²) >= 11 is 0. The van der Waals surface area contributed by atoms with Gasteiger partial charge in [0.2, 0.25) is 5.91 Å². The number of hydrogen-bond acceptors (Lipinski definition) is 8. The Balaban J connectivity index is 2.34. The van der Waals surface area contributed by atoms with E-state index in [2.05, 4.69) is 67.8 Å². The fourth-order valence-corrected chi connectivity index (χ4v) is 5.14. The molecule has 1 heterocycles. The second kappa shape index (κ2) is 28.9. The highest BCUT2D eigenvalue weighted by molar-refractivity contribution is 5.76. The molecule has 270 valence electrons. The Hall–Kier alpha value is -2.11. The van der Waals surface area contributed by atoms with Crippen molar-refractivity contribution in [2.24, 2.45) is 0 Å². The van der Waals surface area contributed by atoms with E-state index in [-0.39, 0.29) is 12.5 Å². The van der Waals surface area contributed by atoms with E-state index in [9.17, 15) is 30.3 Å². The maximum absolute atomic E-state index is 12.8. The van der Waals surface area contributed by atoms with Gasteiger partial charge in [-0.25, -0.2) is 0 Å². The second-order valence-corrected chi connectivity index (χ2v) is 12.3. The molecule has 0 aromatic rings. The Bertz CT molecular complexity index is 915. The molecule has 0 bridgehead atoms. The summed E-state index contributed by atoms with van der Waals surface area (Å²) in [6, 6.07) is -0.810. The number of carbonyl (C=O) groups excluding carboxylic acids is 1. The van der Waals surface area contributed by atoms with Crippen molar-refractivity contribution >= 4 is 5.91 Å². The molecule has 0 saturated carbocycles. The van der Waals surface area contributed by atoms with E-state index in [1.54, 1.807) is 6.08 Å². The maximum Gasteiger partial charge on any atom is 0.220 e. The third kappa shape index (κ3) is 20.8. The van der Waals surface area contributed by atoms with Crippen LogP contribution in [0, 0.1) is 0 Å². The van der Waals surface area contributed by atoms with E-state index in [4.69, 9.17) is 9.47 Å². The lowest BCUT2D eigenvalue weighted by atomic mass is 9.99.